The second-order valence-corrected chi connectivity index (χ2v) is 5.91. The molecule has 0 spiro atoms. The quantitative estimate of drug-likeness (QED) is 0.385. The summed E-state index contributed by atoms with van der Waals surface area (Å²) in [6, 6.07) is -0.771. The Hall–Kier alpha value is -2.42. The van der Waals surface area contributed by atoms with E-state index in [9.17, 15) is 19.2 Å². The molecule has 0 aromatic rings. The Kier molecular flexibility index (Phi) is 8.24. The Morgan fingerprint density at radius 1 is 0.962 bits per heavy atom. The Balaban J connectivity index is 3.24. The molecule has 1 amide bonds. The van der Waals surface area contributed by atoms with E-state index in [0.717, 1.165) is 0 Å². The van der Waals surface area contributed by atoms with Crippen LogP contribution in [0.15, 0.2) is 12.7 Å². The highest BCUT2D eigenvalue weighted by Crippen LogP contribution is 2.28. The molecular weight excluding hydrogens is 346 g/mol. The number of carbonyl (C=O) groups is 4. The molecule has 0 unspecified atom stereocenters. The van der Waals surface area contributed by atoms with Crippen molar-refractivity contribution >= 4 is 23.8 Å². The zero-order valence-electron chi connectivity index (χ0n) is 15.4. The molecule has 0 radical (unpaired) electrons. The second-order valence-electron chi connectivity index (χ2n) is 5.91. The van der Waals surface area contributed by atoms with Gasteiger partial charge in [0.1, 0.15) is 12.7 Å². The maximum atomic E-state index is 11.6. The van der Waals surface area contributed by atoms with E-state index in [1.807, 2.05) is 0 Å². The molecule has 1 aliphatic rings. The van der Waals surface area contributed by atoms with Crippen molar-refractivity contribution in [2.24, 2.45) is 0 Å². The van der Waals surface area contributed by atoms with Crippen molar-refractivity contribution in [3.8, 4) is 0 Å². The van der Waals surface area contributed by atoms with Gasteiger partial charge in [0.15, 0.2) is 12.2 Å². The minimum atomic E-state index is -1.06. The van der Waals surface area contributed by atoms with Gasteiger partial charge in [0.2, 0.25) is 5.91 Å². The van der Waals surface area contributed by atoms with E-state index in [1.54, 1.807) is 6.08 Å². The predicted octanol–water partition coefficient (Wildman–Crippen LogP) is 0.261. The third kappa shape index (κ3) is 6.47. The summed E-state index contributed by atoms with van der Waals surface area (Å²) < 4.78 is 21.5. The van der Waals surface area contributed by atoms with Gasteiger partial charge >= 0.3 is 17.9 Å². The monoisotopic (exact) mass is 371 g/mol. The molecule has 1 rings (SSSR count). The van der Waals surface area contributed by atoms with Crippen molar-refractivity contribution in [3.63, 3.8) is 0 Å². The Labute approximate surface area is 152 Å². The minimum Gasteiger partial charge on any atom is -0.463 e. The van der Waals surface area contributed by atoms with Crippen LogP contribution in [0, 0.1) is 0 Å². The van der Waals surface area contributed by atoms with Crippen LogP contribution < -0.4 is 5.32 Å². The fourth-order valence-corrected chi connectivity index (χ4v) is 2.79. The van der Waals surface area contributed by atoms with Gasteiger partial charge in [-0.2, -0.15) is 0 Å². The van der Waals surface area contributed by atoms with Gasteiger partial charge in [-0.25, -0.2) is 0 Å². The average Bonchev–Trinajstić information content (AvgIpc) is 2.50. The molecule has 146 valence electrons. The Morgan fingerprint density at radius 2 is 1.54 bits per heavy atom. The second kappa shape index (κ2) is 9.91. The lowest BCUT2D eigenvalue weighted by Crippen LogP contribution is -2.66. The van der Waals surface area contributed by atoms with Crippen molar-refractivity contribution < 1.29 is 38.1 Å². The SMILES string of the molecule is C=CC[C@H]1O[C@H](COC(C)=O)[C@@H](OC(C)=O)[C@H](OC(C)=O)[C@H]1NC(C)=O. The van der Waals surface area contributed by atoms with Crippen molar-refractivity contribution in [2.75, 3.05) is 6.61 Å². The van der Waals surface area contributed by atoms with E-state index in [1.165, 1.54) is 27.7 Å². The number of carbonyl (C=O) groups excluding carboxylic acids is 4. The molecule has 5 atom stereocenters. The van der Waals surface area contributed by atoms with Crippen LogP contribution in [0.5, 0.6) is 0 Å². The van der Waals surface area contributed by atoms with Crippen LogP contribution in [0.1, 0.15) is 34.1 Å². The summed E-state index contributed by atoms with van der Waals surface area (Å²) in [6.45, 7) is 8.38. The zero-order chi connectivity index (χ0) is 19.9. The topological polar surface area (TPSA) is 117 Å². The maximum absolute atomic E-state index is 11.6. The summed E-state index contributed by atoms with van der Waals surface area (Å²) in [5.41, 5.74) is 0. The first-order valence-electron chi connectivity index (χ1n) is 8.17. The fourth-order valence-electron chi connectivity index (χ4n) is 2.79. The third-order valence-corrected chi connectivity index (χ3v) is 3.62. The predicted molar refractivity (Wildman–Crippen MR) is 88.8 cm³/mol. The summed E-state index contributed by atoms with van der Waals surface area (Å²) >= 11 is 0. The first-order chi connectivity index (χ1) is 12.1. The van der Waals surface area contributed by atoms with Gasteiger partial charge in [0.25, 0.3) is 0 Å². The molecule has 9 nitrogen and oxygen atoms in total. The lowest BCUT2D eigenvalue weighted by Gasteiger charge is -2.45. The maximum Gasteiger partial charge on any atom is 0.303 e. The van der Waals surface area contributed by atoms with Crippen LogP contribution in [0.25, 0.3) is 0 Å². The summed E-state index contributed by atoms with van der Waals surface area (Å²) in [5.74, 6) is -2.16. The molecule has 1 heterocycles. The van der Waals surface area contributed by atoms with E-state index in [2.05, 4.69) is 11.9 Å². The average molecular weight is 371 g/mol. The largest absolute Gasteiger partial charge is 0.463 e. The van der Waals surface area contributed by atoms with Crippen LogP contribution in [0.4, 0.5) is 0 Å². The summed E-state index contributed by atoms with van der Waals surface area (Å²) in [4.78, 5) is 45.9. The van der Waals surface area contributed by atoms with E-state index in [4.69, 9.17) is 18.9 Å². The lowest BCUT2D eigenvalue weighted by molar-refractivity contribution is -0.223. The van der Waals surface area contributed by atoms with Gasteiger partial charge in [0.05, 0.1) is 12.1 Å². The number of rotatable bonds is 7. The first kappa shape index (κ1) is 21.6. The molecule has 9 heteroatoms. The van der Waals surface area contributed by atoms with Crippen LogP contribution in [0.2, 0.25) is 0 Å². The highest BCUT2D eigenvalue weighted by atomic mass is 16.6. The number of amides is 1. The highest BCUT2D eigenvalue weighted by Gasteiger charge is 2.50. The summed E-state index contributed by atoms with van der Waals surface area (Å²) in [6.07, 6.45) is -1.66. The van der Waals surface area contributed by atoms with E-state index in [-0.39, 0.29) is 12.5 Å². The number of esters is 3. The van der Waals surface area contributed by atoms with E-state index in [0.29, 0.717) is 6.42 Å². The van der Waals surface area contributed by atoms with Crippen LogP contribution in [0.3, 0.4) is 0 Å². The van der Waals surface area contributed by atoms with Gasteiger partial charge in [-0.3, -0.25) is 19.2 Å². The van der Waals surface area contributed by atoms with E-state index < -0.39 is 48.4 Å². The normalized spacial score (nSPS) is 27.8. The van der Waals surface area contributed by atoms with Crippen molar-refractivity contribution in [1.82, 2.24) is 5.32 Å². The van der Waals surface area contributed by atoms with Gasteiger partial charge in [-0.05, 0) is 6.42 Å². The summed E-state index contributed by atoms with van der Waals surface area (Å²) in [7, 11) is 0. The highest BCUT2D eigenvalue weighted by molar-refractivity contribution is 5.73. The fraction of sp³-hybridized carbons (Fsp3) is 0.647. The number of hydrogen-bond donors (Lipinski definition) is 1. The molecule has 26 heavy (non-hydrogen) atoms. The van der Waals surface area contributed by atoms with Crippen LogP contribution in [-0.2, 0) is 38.1 Å². The zero-order valence-corrected chi connectivity index (χ0v) is 15.4. The third-order valence-electron chi connectivity index (χ3n) is 3.62. The van der Waals surface area contributed by atoms with Gasteiger partial charge < -0.3 is 24.3 Å². The summed E-state index contributed by atoms with van der Waals surface area (Å²) in [5, 5.41) is 2.67. The van der Waals surface area contributed by atoms with E-state index >= 15 is 0 Å². The molecule has 1 saturated heterocycles. The molecule has 1 fully saturated rings. The molecule has 0 aliphatic carbocycles. The van der Waals surface area contributed by atoms with Gasteiger partial charge in [-0.15, -0.1) is 6.58 Å². The number of ether oxygens (including phenoxy) is 4. The molecule has 1 aliphatic heterocycles. The van der Waals surface area contributed by atoms with Gasteiger partial charge in [0, 0.05) is 27.7 Å². The van der Waals surface area contributed by atoms with Crippen molar-refractivity contribution in [3.05, 3.63) is 12.7 Å². The Morgan fingerprint density at radius 3 is 2.00 bits per heavy atom. The van der Waals surface area contributed by atoms with Gasteiger partial charge in [-0.1, -0.05) is 6.08 Å². The van der Waals surface area contributed by atoms with Crippen LogP contribution >= 0.6 is 0 Å². The standard InChI is InChI=1S/C17H25NO8/c1-6-7-13-15(18-9(2)19)17(25-12(5)22)16(24-11(4)21)14(26-13)8-23-10(3)20/h6,13-17H,1,7-8H2,2-5H3,(H,18,19)/t13-,14-,15+,16-,17-/m1/s1. The first-order valence-corrected chi connectivity index (χ1v) is 8.17. The van der Waals surface area contributed by atoms with Crippen molar-refractivity contribution in [1.29, 1.82) is 0 Å². The number of hydrogen-bond acceptors (Lipinski definition) is 8. The molecule has 0 bridgehead atoms. The molecule has 0 saturated carbocycles. The van der Waals surface area contributed by atoms with Crippen LogP contribution in [-0.4, -0.2) is 60.9 Å². The molecule has 1 N–H and O–H groups in total. The minimum absolute atomic E-state index is 0.203. The molecular formula is C17H25NO8. The lowest BCUT2D eigenvalue weighted by atomic mass is 9.90. The molecule has 0 aromatic carbocycles. The Bertz CT molecular complexity index is 561. The number of nitrogens with one attached hydrogen (secondary N) is 1. The smallest absolute Gasteiger partial charge is 0.303 e. The molecule has 0 aromatic heterocycles. The van der Waals surface area contributed by atoms with Crippen molar-refractivity contribution in [2.45, 2.75) is 64.6 Å².